The maximum Gasteiger partial charge on any atom is 0.119 e. The van der Waals surface area contributed by atoms with E-state index in [1.807, 2.05) is 63.4 Å². The van der Waals surface area contributed by atoms with Gasteiger partial charge < -0.3 is 15.2 Å². The van der Waals surface area contributed by atoms with Crippen molar-refractivity contribution in [2.24, 2.45) is 0 Å². The van der Waals surface area contributed by atoms with Gasteiger partial charge in [-0.3, -0.25) is 0 Å². The number of hydrogen-bond donors (Lipinski definition) is 2. The average molecular weight is 390 g/mol. The molecule has 0 spiro atoms. The van der Waals surface area contributed by atoms with Crippen LogP contribution in [0, 0.1) is 0 Å². The van der Waals surface area contributed by atoms with E-state index in [4.69, 9.17) is 4.74 Å². The van der Waals surface area contributed by atoms with E-state index in [0.717, 1.165) is 29.0 Å². The smallest absolute Gasteiger partial charge is 0.119 e. The normalized spacial score (nSPS) is 11.2. The predicted molar refractivity (Wildman–Crippen MR) is 123 cm³/mol. The number of ether oxygens (including phenoxy) is 1. The fourth-order valence-corrected chi connectivity index (χ4v) is 3.05. The second-order valence-corrected chi connectivity index (χ2v) is 6.39. The van der Waals surface area contributed by atoms with Gasteiger partial charge in [-0.15, -0.1) is 0 Å². The molecule has 0 unspecified atom stereocenters. The highest BCUT2D eigenvalue weighted by atomic mass is 16.5. The van der Waals surface area contributed by atoms with Crippen LogP contribution < -0.4 is 10.1 Å². The van der Waals surface area contributed by atoms with Crippen molar-refractivity contribution in [1.29, 1.82) is 0 Å². The Morgan fingerprint density at radius 3 is 1.90 bits per heavy atom. The Kier molecular flexibility index (Phi) is 9.00. The molecule has 0 saturated carbocycles. The summed E-state index contributed by atoms with van der Waals surface area (Å²) < 4.78 is 5.74. The lowest BCUT2D eigenvalue weighted by Crippen LogP contribution is -2.15. The summed E-state index contributed by atoms with van der Waals surface area (Å²) in [6.07, 6.45) is 0. The first kappa shape index (κ1) is 22.3. The molecule has 0 aliphatic carbocycles. The van der Waals surface area contributed by atoms with Gasteiger partial charge in [0, 0.05) is 6.54 Å². The lowest BCUT2D eigenvalue weighted by atomic mass is 9.90. The highest BCUT2D eigenvalue weighted by molar-refractivity contribution is 5.97. The molecule has 0 aliphatic rings. The maximum atomic E-state index is 9.67. The Hall–Kier alpha value is -3.04. The predicted octanol–water partition coefficient (Wildman–Crippen LogP) is 6.00. The van der Waals surface area contributed by atoms with E-state index >= 15 is 0 Å². The molecular weight excluding hydrogens is 358 g/mol. The number of rotatable bonds is 7. The number of nitrogens with one attached hydrogen (secondary N) is 1. The standard InChI is InChI=1S/C24H25NO2.C2H6/c1-18(19-6-4-3-5-7-19)24(20-8-12-22(26)13-9-20)21-10-14-23(15-11-21)27-17-16-25-2;1-2/h3-15,25-26H,16-17H2,1-2H3;1-2H3/b24-18-;. The number of allylic oxidation sites excluding steroid dienone is 1. The molecule has 0 aromatic heterocycles. The molecule has 0 radical (unpaired) electrons. The minimum absolute atomic E-state index is 0.267. The van der Waals surface area contributed by atoms with Crippen LogP contribution in [-0.4, -0.2) is 25.3 Å². The minimum atomic E-state index is 0.267. The molecule has 3 heteroatoms. The third-order valence-corrected chi connectivity index (χ3v) is 4.50. The summed E-state index contributed by atoms with van der Waals surface area (Å²) in [5, 5.41) is 12.7. The number of benzene rings is 3. The number of phenols is 1. The fourth-order valence-electron chi connectivity index (χ4n) is 3.05. The Morgan fingerprint density at radius 2 is 1.34 bits per heavy atom. The van der Waals surface area contributed by atoms with Gasteiger partial charge in [0.05, 0.1) is 0 Å². The molecule has 2 N–H and O–H groups in total. The van der Waals surface area contributed by atoms with E-state index < -0.39 is 0 Å². The Balaban J connectivity index is 0.00000145. The van der Waals surface area contributed by atoms with Crippen LogP contribution in [0.2, 0.25) is 0 Å². The molecule has 3 aromatic carbocycles. The van der Waals surface area contributed by atoms with Crippen LogP contribution >= 0.6 is 0 Å². The van der Waals surface area contributed by atoms with Crippen molar-refractivity contribution >= 4 is 11.1 Å². The lowest BCUT2D eigenvalue weighted by Gasteiger charge is -2.15. The van der Waals surface area contributed by atoms with Gasteiger partial charge in [0.25, 0.3) is 0 Å². The molecular formula is C26H31NO2. The average Bonchev–Trinajstić information content (AvgIpc) is 2.78. The second-order valence-electron chi connectivity index (χ2n) is 6.39. The molecule has 0 aliphatic heterocycles. The zero-order valence-electron chi connectivity index (χ0n) is 17.8. The Morgan fingerprint density at radius 1 is 0.793 bits per heavy atom. The fraction of sp³-hybridized carbons (Fsp3) is 0.231. The van der Waals surface area contributed by atoms with Gasteiger partial charge in [0.2, 0.25) is 0 Å². The van der Waals surface area contributed by atoms with Crippen LogP contribution in [0.5, 0.6) is 11.5 Å². The van der Waals surface area contributed by atoms with Crippen molar-refractivity contribution in [3.05, 3.63) is 95.6 Å². The van der Waals surface area contributed by atoms with Gasteiger partial charge in [-0.25, -0.2) is 0 Å². The first-order chi connectivity index (χ1) is 14.2. The van der Waals surface area contributed by atoms with Crippen molar-refractivity contribution in [3.8, 4) is 11.5 Å². The van der Waals surface area contributed by atoms with E-state index in [0.29, 0.717) is 6.61 Å². The largest absolute Gasteiger partial charge is 0.508 e. The van der Waals surface area contributed by atoms with Gasteiger partial charge in [-0.1, -0.05) is 68.4 Å². The van der Waals surface area contributed by atoms with Crippen LogP contribution in [-0.2, 0) is 0 Å². The third-order valence-electron chi connectivity index (χ3n) is 4.50. The summed E-state index contributed by atoms with van der Waals surface area (Å²) in [5.74, 6) is 1.13. The van der Waals surface area contributed by atoms with E-state index in [2.05, 4.69) is 36.5 Å². The maximum absolute atomic E-state index is 9.67. The van der Waals surface area contributed by atoms with E-state index in [9.17, 15) is 5.11 Å². The van der Waals surface area contributed by atoms with Crippen LogP contribution in [0.15, 0.2) is 78.9 Å². The number of phenolic OH excluding ortho intramolecular Hbond substituents is 1. The topological polar surface area (TPSA) is 41.5 Å². The van der Waals surface area contributed by atoms with E-state index in [1.165, 1.54) is 11.1 Å². The molecule has 0 bridgehead atoms. The molecule has 29 heavy (non-hydrogen) atoms. The summed E-state index contributed by atoms with van der Waals surface area (Å²) >= 11 is 0. The van der Waals surface area contributed by atoms with Crippen molar-refractivity contribution in [3.63, 3.8) is 0 Å². The minimum Gasteiger partial charge on any atom is -0.508 e. The molecule has 152 valence electrons. The van der Waals surface area contributed by atoms with Gasteiger partial charge in [0.15, 0.2) is 0 Å². The third kappa shape index (κ3) is 6.23. The first-order valence-electron chi connectivity index (χ1n) is 10.1. The molecule has 3 aromatic rings. The van der Waals surface area contributed by atoms with Crippen LogP contribution in [0.25, 0.3) is 11.1 Å². The zero-order chi connectivity index (χ0) is 21.1. The first-order valence-corrected chi connectivity index (χ1v) is 10.1. The van der Waals surface area contributed by atoms with Gasteiger partial charge in [-0.05, 0) is 66.1 Å². The van der Waals surface area contributed by atoms with Crippen LogP contribution in [0.3, 0.4) is 0 Å². The van der Waals surface area contributed by atoms with Gasteiger partial charge in [0.1, 0.15) is 18.1 Å². The number of hydrogen-bond acceptors (Lipinski definition) is 3. The molecule has 0 amide bonds. The monoisotopic (exact) mass is 389 g/mol. The van der Waals surface area contributed by atoms with Gasteiger partial charge >= 0.3 is 0 Å². The summed E-state index contributed by atoms with van der Waals surface area (Å²) in [5.41, 5.74) is 5.68. The SMILES string of the molecule is CC.CNCCOc1ccc(/C(=C(/C)c2ccccc2)c2ccc(O)cc2)cc1. The Labute approximate surface area is 174 Å². The quantitative estimate of drug-likeness (QED) is 0.385. The van der Waals surface area contributed by atoms with Gasteiger partial charge in [-0.2, -0.15) is 0 Å². The van der Waals surface area contributed by atoms with Crippen LogP contribution in [0.4, 0.5) is 0 Å². The zero-order valence-corrected chi connectivity index (χ0v) is 17.8. The van der Waals surface area contributed by atoms with Crippen LogP contribution in [0.1, 0.15) is 37.5 Å². The highest BCUT2D eigenvalue weighted by Gasteiger charge is 2.11. The van der Waals surface area contributed by atoms with E-state index in [-0.39, 0.29) is 5.75 Å². The van der Waals surface area contributed by atoms with Crippen molar-refractivity contribution in [1.82, 2.24) is 5.32 Å². The molecule has 0 fully saturated rings. The van der Waals surface area contributed by atoms with Crippen molar-refractivity contribution in [2.45, 2.75) is 20.8 Å². The molecule has 0 saturated heterocycles. The Bertz CT molecular complexity index is 882. The van der Waals surface area contributed by atoms with E-state index in [1.54, 1.807) is 12.1 Å². The summed E-state index contributed by atoms with van der Waals surface area (Å²) in [6, 6.07) is 25.9. The summed E-state index contributed by atoms with van der Waals surface area (Å²) in [6.45, 7) is 7.59. The van der Waals surface area contributed by atoms with Crippen molar-refractivity contribution < 1.29 is 9.84 Å². The summed E-state index contributed by atoms with van der Waals surface area (Å²) in [4.78, 5) is 0. The second kappa shape index (κ2) is 11.7. The molecule has 0 atom stereocenters. The number of likely N-dealkylation sites (N-methyl/N-ethyl adjacent to an activating group) is 1. The highest BCUT2D eigenvalue weighted by Crippen LogP contribution is 2.33. The summed E-state index contributed by atoms with van der Waals surface area (Å²) in [7, 11) is 1.91. The molecule has 3 rings (SSSR count). The number of aromatic hydroxyl groups is 1. The molecule has 3 nitrogen and oxygen atoms in total. The molecule has 0 heterocycles. The lowest BCUT2D eigenvalue weighted by molar-refractivity contribution is 0.318. The van der Waals surface area contributed by atoms with Crippen molar-refractivity contribution in [2.75, 3.05) is 20.2 Å².